The number of piperazine rings is 1. The van der Waals surface area contributed by atoms with Crippen molar-refractivity contribution in [3.05, 3.63) is 24.4 Å². The SMILES string of the molecule is C=C/C(=C\CC)N1CCN(C(C)=O)CC1.CC.CC. The average molecular weight is 268 g/mol. The smallest absolute Gasteiger partial charge is 0.219 e. The van der Waals surface area contributed by atoms with Crippen molar-refractivity contribution in [3.63, 3.8) is 0 Å². The van der Waals surface area contributed by atoms with Gasteiger partial charge >= 0.3 is 0 Å². The minimum atomic E-state index is 0.175. The van der Waals surface area contributed by atoms with Crippen LogP contribution in [0.15, 0.2) is 24.4 Å². The van der Waals surface area contributed by atoms with E-state index in [1.807, 2.05) is 38.7 Å². The van der Waals surface area contributed by atoms with E-state index in [2.05, 4.69) is 24.5 Å². The summed E-state index contributed by atoms with van der Waals surface area (Å²) in [4.78, 5) is 15.3. The summed E-state index contributed by atoms with van der Waals surface area (Å²) in [7, 11) is 0. The molecule has 0 saturated carbocycles. The Balaban J connectivity index is 0. The standard InChI is InChI=1S/C12H20N2O.2C2H6/c1-4-6-12(5-2)14-9-7-13(8-10-14)11(3)15;2*1-2/h5-6H,2,4,7-10H2,1,3H3;2*1-2H3/b12-6+;;. The number of rotatable bonds is 3. The minimum absolute atomic E-state index is 0.175. The van der Waals surface area contributed by atoms with Crippen LogP contribution in [0.2, 0.25) is 0 Å². The van der Waals surface area contributed by atoms with Crippen LogP contribution in [0.4, 0.5) is 0 Å². The molecule has 0 spiro atoms. The van der Waals surface area contributed by atoms with Crippen molar-refractivity contribution in [1.82, 2.24) is 9.80 Å². The van der Waals surface area contributed by atoms with Crippen LogP contribution in [0.25, 0.3) is 0 Å². The number of nitrogens with zero attached hydrogens (tertiary/aromatic N) is 2. The minimum Gasteiger partial charge on any atom is -0.368 e. The first-order valence-corrected chi connectivity index (χ1v) is 7.52. The molecule has 0 unspecified atom stereocenters. The van der Waals surface area contributed by atoms with Crippen molar-refractivity contribution >= 4 is 5.91 Å². The van der Waals surface area contributed by atoms with Crippen LogP contribution in [0.5, 0.6) is 0 Å². The number of hydrogen-bond donors (Lipinski definition) is 0. The molecular weight excluding hydrogens is 236 g/mol. The Hall–Kier alpha value is -1.25. The monoisotopic (exact) mass is 268 g/mol. The highest BCUT2D eigenvalue weighted by atomic mass is 16.2. The van der Waals surface area contributed by atoms with Gasteiger partial charge in [0, 0.05) is 38.8 Å². The number of hydrogen-bond acceptors (Lipinski definition) is 2. The molecule has 3 nitrogen and oxygen atoms in total. The maximum absolute atomic E-state index is 11.1. The molecule has 1 amide bonds. The predicted octanol–water partition coefficient (Wildman–Crippen LogP) is 3.68. The third-order valence-electron chi connectivity index (χ3n) is 2.71. The quantitative estimate of drug-likeness (QED) is 0.729. The second-order valence-corrected chi connectivity index (χ2v) is 3.73. The fraction of sp³-hybridized carbons (Fsp3) is 0.688. The summed E-state index contributed by atoms with van der Waals surface area (Å²) in [6.07, 6.45) is 5.09. The van der Waals surface area contributed by atoms with Crippen LogP contribution in [0, 0.1) is 0 Å². The van der Waals surface area contributed by atoms with E-state index in [1.165, 1.54) is 5.70 Å². The van der Waals surface area contributed by atoms with E-state index in [1.54, 1.807) is 6.92 Å². The third kappa shape index (κ3) is 7.70. The summed E-state index contributed by atoms with van der Waals surface area (Å²) in [5.74, 6) is 0.175. The van der Waals surface area contributed by atoms with Crippen LogP contribution >= 0.6 is 0 Å². The Labute approximate surface area is 120 Å². The van der Waals surface area contributed by atoms with E-state index in [-0.39, 0.29) is 5.91 Å². The molecule has 0 bridgehead atoms. The molecule has 0 N–H and O–H groups in total. The van der Waals surface area contributed by atoms with Crippen LogP contribution in [-0.4, -0.2) is 41.9 Å². The lowest BCUT2D eigenvalue weighted by Crippen LogP contribution is -2.47. The third-order valence-corrected chi connectivity index (χ3v) is 2.71. The van der Waals surface area contributed by atoms with Gasteiger partial charge in [0.15, 0.2) is 0 Å². The van der Waals surface area contributed by atoms with Gasteiger partial charge in [0.05, 0.1) is 0 Å². The highest BCUT2D eigenvalue weighted by Gasteiger charge is 2.18. The molecule has 1 saturated heterocycles. The molecule has 1 aliphatic rings. The summed E-state index contributed by atoms with van der Waals surface area (Å²) < 4.78 is 0. The predicted molar refractivity (Wildman–Crippen MR) is 85.1 cm³/mol. The Morgan fingerprint density at radius 1 is 1.05 bits per heavy atom. The summed E-state index contributed by atoms with van der Waals surface area (Å²) in [5, 5.41) is 0. The lowest BCUT2D eigenvalue weighted by Gasteiger charge is -2.36. The van der Waals surface area contributed by atoms with E-state index in [9.17, 15) is 4.79 Å². The maximum atomic E-state index is 11.1. The lowest BCUT2D eigenvalue weighted by molar-refractivity contribution is -0.130. The van der Waals surface area contributed by atoms with E-state index < -0.39 is 0 Å². The Morgan fingerprint density at radius 2 is 1.47 bits per heavy atom. The maximum Gasteiger partial charge on any atom is 0.219 e. The van der Waals surface area contributed by atoms with Crippen LogP contribution in [0.3, 0.4) is 0 Å². The molecule has 1 heterocycles. The van der Waals surface area contributed by atoms with E-state index in [0.29, 0.717) is 0 Å². The molecular formula is C16H32N2O. The Kier molecular flexibility index (Phi) is 13.9. The van der Waals surface area contributed by atoms with Gasteiger partial charge in [0.2, 0.25) is 5.91 Å². The zero-order valence-electron chi connectivity index (χ0n) is 13.7. The fourth-order valence-corrected chi connectivity index (χ4v) is 1.83. The molecule has 0 aromatic carbocycles. The van der Waals surface area contributed by atoms with Gasteiger partial charge in [-0.2, -0.15) is 0 Å². The normalized spacial score (nSPS) is 14.7. The van der Waals surface area contributed by atoms with E-state index in [4.69, 9.17) is 0 Å². The largest absolute Gasteiger partial charge is 0.368 e. The van der Waals surface area contributed by atoms with Crippen molar-refractivity contribution in [2.24, 2.45) is 0 Å². The van der Waals surface area contributed by atoms with Gasteiger partial charge in [0.25, 0.3) is 0 Å². The summed E-state index contributed by atoms with van der Waals surface area (Å²) in [5.41, 5.74) is 1.20. The molecule has 0 radical (unpaired) electrons. The average Bonchev–Trinajstić information content (AvgIpc) is 2.49. The number of carbonyl (C=O) groups is 1. The van der Waals surface area contributed by atoms with Gasteiger partial charge in [-0.05, 0) is 12.5 Å². The summed E-state index contributed by atoms with van der Waals surface area (Å²) >= 11 is 0. The number of carbonyl (C=O) groups excluding carboxylic acids is 1. The zero-order valence-corrected chi connectivity index (χ0v) is 13.7. The molecule has 3 heteroatoms. The van der Waals surface area contributed by atoms with Crippen molar-refractivity contribution in [1.29, 1.82) is 0 Å². The first kappa shape index (κ1) is 20.1. The van der Waals surface area contributed by atoms with Gasteiger partial charge < -0.3 is 9.80 Å². The van der Waals surface area contributed by atoms with Gasteiger partial charge in [0.1, 0.15) is 0 Å². The van der Waals surface area contributed by atoms with Gasteiger partial charge in [-0.3, -0.25) is 4.79 Å². The lowest BCUT2D eigenvalue weighted by atomic mass is 10.2. The molecule has 0 aliphatic carbocycles. The summed E-state index contributed by atoms with van der Waals surface area (Å²) in [6, 6.07) is 0. The number of amides is 1. The molecule has 1 rings (SSSR count). The molecule has 0 aromatic rings. The van der Waals surface area contributed by atoms with Crippen LogP contribution < -0.4 is 0 Å². The van der Waals surface area contributed by atoms with Crippen molar-refractivity contribution in [2.75, 3.05) is 26.2 Å². The van der Waals surface area contributed by atoms with Crippen molar-refractivity contribution < 1.29 is 4.79 Å². The molecule has 112 valence electrons. The van der Waals surface area contributed by atoms with Gasteiger partial charge in [-0.1, -0.05) is 47.3 Å². The molecule has 19 heavy (non-hydrogen) atoms. The second kappa shape index (κ2) is 13.2. The van der Waals surface area contributed by atoms with Crippen LogP contribution in [-0.2, 0) is 4.79 Å². The number of allylic oxidation sites excluding steroid dienone is 2. The topological polar surface area (TPSA) is 23.6 Å². The fourth-order valence-electron chi connectivity index (χ4n) is 1.83. The first-order chi connectivity index (χ1) is 9.19. The molecule has 1 fully saturated rings. The second-order valence-electron chi connectivity index (χ2n) is 3.73. The van der Waals surface area contributed by atoms with Crippen molar-refractivity contribution in [3.8, 4) is 0 Å². The van der Waals surface area contributed by atoms with Crippen molar-refractivity contribution in [2.45, 2.75) is 48.0 Å². The van der Waals surface area contributed by atoms with E-state index >= 15 is 0 Å². The highest BCUT2D eigenvalue weighted by Crippen LogP contribution is 2.11. The molecule has 0 aromatic heterocycles. The van der Waals surface area contributed by atoms with Crippen LogP contribution in [0.1, 0.15) is 48.0 Å². The molecule has 0 atom stereocenters. The van der Waals surface area contributed by atoms with E-state index in [0.717, 1.165) is 32.6 Å². The zero-order chi connectivity index (χ0) is 15.3. The first-order valence-electron chi connectivity index (χ1n) is 7.52. The van der Waals surface area contributed by atoms with Gasteiger partial charge in [-0.15, -0.1) is 0 Å². The molecule has 1 aliphatic heterocycles. The van der Waals surface area contributed by atoms with Gasteiger partial charge in [-0.25, -0.2) is 0 Å². The highest BCUT2D eigenvalue weighted by molar-refractivity contribution is 5.73. The Morgan fingerprint density at radius 3 is 1.79 bits per heavy atom. The Bertz CT molecular complexity index is 264. The summed E-state index contributed by atoms with van der Waals surface area (Å²) in [6.45, 7) is 19.0.